The van der Waals surface area contributed by atoms with Gasteiger partial charge >= 0.3 is 0 Å². The van der Waals surface area contributed by atoms with Crippen molar-refractivity contribution in [3.8, 4) is 0 Å². The van der Waals surface area contributed by atoms with Crippen molar-refractivity contribution < 1.29 is 14.2 Å². The second kappa shape index (κ2) is 8.40. The molecule has 1 aliphatic rings. The van der Waals surface area contributed by atoms with Crippen LogP contribution in [-0.4, -0.2) is 41.1 Å². The first-order valence-corrected chi connectivity index (χ1v) is 9.06. The van der Waals surface area contributed by atoms with Crippen LogP contribution in [0.5, 0.6) is 0 Å². The van der Waals surface area contributed by atoms with E-state index in [-0.39, 0.29) is 5.22 Å². The smallest absolute Gasteiger partial charge is 0.193 e. The van der Waals surface area contributed by atoms with E-state index in [0.29, 0.717) is 0 Å². The van der Waals surface area contributed by atoms with Gasteiger partial charge in [0.25, 0.3) is 0 Å². The molecule has 1 fully saturated rings. The van der Waals surface area contributed by atoms with E-state index in [4.69, 9.17) is 14.2 Å². The van der Waals surface area contributed by atoms with Crippen molar-refractivity contribution in [2.24, 2.45) is 0 Å². The van der Waals surface area contributed by atoms with E-state index in [1.54, 1.807) is 0 Å². The maximum absolute atomic E-state index is 6.24. The van der Waals surface area contributed by atoms with Gasteiger partial charge in [-0.25, -0.2) is 0 Å². The molecule has 0 radical (unpaired) electrons. The Morgan fingerprint density at radius 2 is 1.26 bits per heavy atom. The molecular weight excluding hydrogens is 256 g/mol. The van der Waals surface area contributed by atoms with E-state index in [0.717, 1.165) is 62.2 Å². The highest BCUT2D eigenvalue weighted by Crippen LogP contribution is 2.42. The van der Waals surface area contributed by atoms with Gasteiger partial charge in [0.05, 0.1) is 10.2 Å². The van der Waals surface area contributed by atoms with Crippen molar-refractivity contribution >= 4 is 10.2 Å². The molecular formula is C15H32O3Si. The van der Waals surface area contributed by atoms with Crippen molar-refractivity contribution in [3.63, 3.8) is 0 Å². The summed E-state index contributed by atoms with van der Waals surface area (Å²) in [7, 11) is 0.963. The van der Waals surface area contributed by atoms with Crippen molar-refractivity contribution in [1.29, 1.82) is 0 Å². The van der Waals surface area contributed by atoms with Crippen molar-refractivity contribution in [2.75, 3.05) is 19.8 Å². The Hall–Kier alpha value is 0.0969. The molecule has 0 aromatic heterocycles. The molecule has 0 N–H and O–H groups in total. The number of ether oxygens (including phenoxy) is 3. The maximum atomic E-state index is 6.24. The Morgan fingerprint density at radius 3 is 1.79 bits per heavy atom. The van der Waals surface area contributed by atoms with E-state index in [9.17, 15) is 0 Å². The first kappa shape index (κ1) is 17.1. The number of hydrogen-bond donors (Lipinski definition) is 0. The Kier molecular flexibility index (Phi) is 7.58. The predicted octanol–water partition coefficient (Wildman–Crippen LogP) is 2.60. The zero-order valence-corrected chi connectivity index (χ0v) is 15.3. The third-order valence-corrected chi connectivity index (χ3v) is 5.47. The van der Waals surface area contributed by atoms with E-state index in [1.807, 2.05) is 0 Å². The van der Waals surface area contributed by atoms with Crippen LogP contribution in [0, 0.1) is 0 Å². The lowest BCUT2D eigenvalue weighted by Gasteiger charge is -2.50. The summed E-state index contributed by atoms with van der Waals surface area (Å²) >= 11 is 0. The Balaban J connectivity index is 2.84. The molecule has 0 amide bonds. The molecule has 1 saturated carbocycles. The quantitative estimate of drug-likeness (QED) is 0.482. The molecule has 0 aliphatic heterocycles. The SMILES string of the molecule is CCCOC1([SiH3])CCCCC1(OCCC)OCCC. The van der Waals surface area contributed by atoms with Crippen molar-refractivity contribution in [2.45, 2.75) is 76.7 Å². The standard InChI is InChI=1S/C15H32O3Si/c1-4-11-16-14(17-12-5-2)9-7-8-10-15(14,19)18-13-6-3/h4-13H2,1-3,19H3. The van der Waals surface area contributed by atoms with Gasteiger partial charge in [0, 0.05) is 26.2 Å². The second-order valence-electron chi connectivity index (χ2n) is 5.74. The average molecular weight is 289 g/mol. The van der Waals surface area contributed by atoms with Crippen LogP contribution in [0.4, 0.5) is 0 Å². The van der Waals surface area contributed by atoms with Gasteiger partial charge in [0.2, 0.25) is 0 Å². The third-order valence-electron chi connectivity index (χ3n) is 3.92. The van der Waals surface area contributed by atoms with Crippen LogP contribution in [0.1, 0.15) is 65.7 Å². The van der Waals surface area contributed by atoms with Gasteiger partial charge < -0.3 is 14.2 Å². The summed E-state index contributed by atoms with van der Waals surface area (Å²) in [6.07, 6.45) is 7.62. The van der Waals surface area contributed by atoms with E-state index in [1.165, 1.54) is 12.8 Å². The topological polar surface area (TPSA) is 27.7 Å². The van der Waals surface area contributed by atoms with E-state index in [2.05, 4.69) is 20.8 Å². The zero-order valence-electron chi connectivity index (χ0n) is 13.3. The lowest BCUT2D eigenvalue weighted by Crippen LogP contribution is -2.62. The van der Waals surface area contributed by atoms with Gasteiger partial charge in [-0.05, 0) is 32.1 Å². The normalized spacial score (nSPS) is 26.7. The second-order valence-corrected chi connectivity index (χ2v) is 7.35. The van der Waals surface area contributed by atoms with Crippen LogP contribution in [-0.2, 0) is 14.2 Å². The predicted molar refractivity (Wildman–Crippen MR) is 82.6 cm³/mol. The molecule has 19 heavy (non-hydrogen) atoms. The molecule has 4 heteroatoms. The molecule has 0 bridgehead atoms. The fraction of sp³-hybridized carbons (Fsp3) is 1.00. The zero-order chi connectivity index (χ0) is 14.2. The van der Waals surface area contributed by atoms with Gasteiger partial charge in [-0.1, -0.05) is 27.2 Å². The molecule has 0 aromatic rings. The lowest BCUT2D eigenvalue weighted by atomic mass is 9.89. The number of rotatable bonds is 9. The van der Waals surface area contributed by atoms with Gasteiger partial charge in [-0.3, -0.25) is 0 Å². The van der Waals surface area contributed by atoms with Crippen molar-refractivity contribution in [3.05, 3.63) is 0 Å². The van der Waals surface area contributed by atoms with Crippen LogP contribution in [0.2, 0.25) is 0 Å². The Labute approximate surface area is 121 Å². The minimum Gasteiger partial charge on any atom is -0.374 e. The molecule has 114 valence electrons. The summed E-state index contributed by atoms with van der Waals surface area (Å²) in [6.45, 7) is 8.81. The van der Waals surface area contributed by atoms with Gasteiger partial charge in [0.15, 0.2) is 5.79 Å². The minimum absolute atomic E-state index is 0.161. The molecule has 1 aliphatic carbocycles. The first-order valence-electron chi connectivity index (χ1n) is 8.06. The number of hydrogen-bond acceptors (Lipinski definition) is 3. The summed E-state index contributed by atoms with van der Waals surface area (Å²) in [4.78, 5) is 0. The van der Waals surface area contributed by atoms with Crippen LogP contribution >= 0.6 is 0 Å². The largest absolute Gasteiger partial charge is 0.374 e. The molecule has 1 unspecified atom stereocenters. The third kappa shape index (κ3) is 4.28. The lowest BCUT2D eigenvalue weighted by molar-refractivity contribution is -0.320. The molecule has 0 saturated heterocycles. The van der Waals surface area contributed by atoms with E-state index >= 15 is 0 Å². The van der Waals surface area contributed by atoms with E-state index < -0.39 is 5.79 Å². The van der Waals surface area contributed by atoms with Crippen molar-refractivity contribution in [1.82, 2.24) is 0 Å². The Bertz CT molecular complexity index is 240. The summed E-state index contributed by atoms with van der Waals surface area (Å²) < 4.78 is 18.7. The fourth-order valence-corrected chi connectivity index (χ4v) is 3.91. The summed E-state index contributed by atoms with van der Waals surface area (Å²) in [6, 6.07) is 0. The molecule has 1 rings (SSSR count). The molecule has 0 spiro atoms. The Morgan fingerprint density at radius 1 is 0.789 bits per heavy atom. The molecule has 0 heterocycles. The maximum Gasteiger partial charge on any atom is 0.193 e. The average Bonchev–Trinajstić information content (AvgIpc) is 2.43. The highest BCUT2D eigenvalue weighted by molar-refractivity contribution is 6.15. The van der Waals surface area contributed by atoms with Gasteiger partial charge in [-0.15, -0.1) is 0 Å². The highest BCUT2D eigenvalue weighted by Gasteiger charge is 2.52. The molecule has 0 aromatic carbocycles. The first-order chi connectivity index (χ1) is 9.14. The van der Waals surface area contributed by atoms with Crippen LogP contribution in [0.15, 0.2) is 0 Å². The van der Waals surface area contributed by atoms with Crippen LogP contribution in [0.3, 0.4) is 0 Å². The van der Waals surface area contributed by atoms with Crippen LogP contribution in [0.25, 0.3) is 0 Å². The highest BCUT2D eigenvalue weighted by atomic mass is 28.1. The monoisotopic (exact) mass is 288 g/mol. The summed E-state index contributed by atoms with van der Waals surface area (Å²) in [5.41, 5.74) is 0. The summed E-state index contributed by atoms with van der Waals surface area (Å²) in [5, 5.41) is -0.161. The van der Waals surface area contributed by atoms with Gasteiger partial charge in [0.1, 0.15) is 5.22 Å². The molecule has 1 atom stereocenters. The minimum atomic E-state index is -0.474. The molecule has 3 nitrogen and oxygen atoms in total. The fourth-order valence-electron chi connectivity index (χ4n) is 2.81. The van der Waals surface area contributed by atoms with Gasteiger partial charge in [-0.2, -0.15) is 0 Å². The summed E-state index contributed by atoms with van der Waals surface area (Å²) in [5.74, 6) is -0.474. The van der Waals surface area contributed by atoms with Crippen LogP contribution < -0.4 is 0 Å².